The molecule has 0 radical (unpaired) electrons. The molecule has 1 atom stereocenters. The van der Waals surface area contributed by atoms with Crippen LogP contribution in [0.2, 0.25) is 0 Å². The number of benzene rings is 2. The Morgan fingerprint density at radius 1 is 1.12 bits per heavy atom. The van der Waals surface area contributed by atoms with Gasteiger partial charge in [-0.3, -0.25) is 9.36 Å². The van der Waals surface area contributed by atoms with Gasteiger partial charge in [-0.1, -0.05) is 93.3 Å². The first kappa shape index (κ1) is 33.4. The zero-order valence-electron chi connectivity index (χ0n) is 25.7. The Morgan fingerprint density at radius 2 is 1.83 bits per heavy atom. The molecule has 0 aliphatic heterocycles. The molecule has 3 aromatic rings. The lowest BCUT2D eigenvalue weighted by Crippen LogP contribution is -2.27. The molecule has 0 aliphatic carbocycles. The zero-order chi connectivity index (χ0) is 30.4. The van der Waals surface area contributed by atoms with Gasteiger partial charge in [-0.25, -0.2) is 4.98 Å². The molecule has 2 aromatic carbocycles. The SMILES string of the molecule is C=C(/C=C\C(=C/CC)N(C)c1ccc2nc(C)n(C(C)c3ccccc3)c(=O)c2c1)SC.C=C/C(C)=C\C=C/CC. The normalized spacial score (nSPS) is 12.9. The van der Waals surface area contributed by atoms with Crippen LogP contribution in [0.3, 0.4) is 0 Å². The highest BCUT2D eigenvalue weighted by atomic mass is 32.2. The van der Waals surface area contributed by atoms with E-state index < -0.39 is 0 Å². The topological polar surface area (TPSA) is 38.1 Å². The minimum Gasteiger partial charge on any atom is -0.345 e. The average molecular weight is 568 g/mol. The molecule has 5 heteroatoms. The Morgan fingerprint density at radius 3 is 2.44 bits per heavy atom. The molecule has 4 nitrogen and oxygen atoms in total. The van der Waals surface area contributed by atoms with Crippen LogP contribution in [-0.2, 0) is 0 Å². The van der Waals surface area contributed by atoms with E-state index in [0.717, 1.165) is 34.7 Å². The van der Waals surface area contributed by atoms with Crippen molar-refractivity contribution in [2.24, 2.45) is 0 Å². The standard InChI is InChI=1S/C27H31N3OS.C9H14/c1-7-11-23(15-14-19(2)32-6)29(5)24-16-17-26-25(18-24)27(31)30(21(4)28-26)20(3)22-12-9-8-10-13-22;1-4-6-7-8-9(3)5-2/h8-18,20H,2,7H2,1,3-6H3;5-8H,2,4H2,1,3H3/b15-14-,23-11+;7-6-,9-8-. The van der Waals surface area contributed by atoms with Crippen LogP contribution in [0.15, 0.2) is 125 Å². The van der Waals surface area contributed by atoms with Crippen LogP contribution in [0.4, 0.5) is 5.69 Å². The van der Waals surface area contributed by atoms with Crippen molar-refractivity contribution >= 4 is 28.4 Å². The van der Waals surface area contributed by atoms with Gasteiger partial charge in [-0.2, -0.15) is 0 Å². The number of thioether (sulfide) groups is 1. The number of anilines is 1. The quantitative estimate of drug-likeness (QED) is 0.216. The summed E-state index contributed by atoms with van der Waals surface area (Å²) in [7, 11) is 2.02. The average Bonchev–Trinajstić information content (AvgIpc) is 2.99. The predicted octanol–water partition coefficient (Wildman–Crippen LogP) is 9.56. The van der Waals surface area contributed by atoms with E-state index in [1.54, 1.807) is 16.3 Å². The van der Waals surface area contributed by atoms with Crippen LogP contribution in [0.1, 0.15) is 58.0 Å². The van der Waals surface area contributed by atoms with Gasteiger partial charge in [0.1, 0.15) is 5.82 Å². The second kappa shape index (κ2) is 17.1. The first-order chi connectivity index (χ1) is 19.7. The Hall–Kier alpha value is -3.83. The minimum atomic E-state index is -0.0991. The number of rotatable bonds is 11. The lowest BCUT2D eigenvalue weighted by molar-refractivity contribution is 0.588. The summed E-state index contributed by atoms with van der Waals surface area (Å²) in [6.45, 7) is 17.9. The fourth-order valence-corrected chi connectivity index (χ4v) is 4.39. The number of hydrogen-bond donors (Lipinski definition) is 0. The van der Waals surface area contributed by atoms with E-state index in [0.29, 0.717) is 16.7 Å². The molecule has 1 heterocycles. The highest BCUT2D eigenvalue weighted by Crippen LogP contribution is 2.25. The summed E-state index contributed by atoms with van der Waals surface area (Å²) in [6, 6.07) is 15.8. The summed E-state index contributed by atoms with van der Waals surface area (Å²) in [5.74, 6) is 0.713. The monoisotopic (exact) mass is 567 g/mol. The van der Waals surface area contributed by atoms with Crippen molar-refractivity contribution in [3.8, 4) is 0 Å². The summed E-state index contributed by atoms with van der Waals surface area (Å²) >= 11 is 1.62. The van der Waals surface area contributed by atoms with Gasteiger partial charge in [-0.15, -0.1) is 11.8 Å². The third-order valence-corrected chi connectivity index (χ3v) is 7.33. The van der Waals surface area contributed by atoms with Crippen LogP contribution in [0, 0.1) is 6.92 Å². The van der Waals surface area contributed by atoms with Gasteiger partial charge >= 0.3 is 0 Å². The maximum atomic E-state index is 13.5. The van der Waals surface area contributed by atoms with E-state index in [2.05, 4.69) is 62.3 Å². The first-order valence-corrected chi connectivity index (χ1v) is 15.3. The minimum absolute atomic E-state index is 0.0218. The van der Waals surface area contributed by atoms with Crippen molar-refractivity contribution in [3.05, 3.63) is 142 Å². The largest absolute Gasteiger partial charge is 0.345 e. The van der Waals surface area contributed by atoms with Crippen LogP contribution < -0.4 is 10.5 Å². The third-order valence-electron chi connectivity index (χ3n) is 6.67. The first-order valence-electron chi connectivity index (χ1n) is 14.1. The molecule has 41 heavy (non-hydrogen) atoms. The number of nitrogens with zero attached hydrogens (tertiary/aromatic N) is 3. The lowest BCUT2D eigenvalue weighted by atomic mass is 10.1. The van der Waals surface area contributed by atoms with Crippen LogP contribution in [0.25, 0.3) is 10.9 Å². The number of fused-ring (bicyclic) bond motifs is 1. The Bertz CT molecular complexity index is 1490. The van der Waals surface area contributed by atoms with Crippen molar-refractivity contribution in [2.75, 3.05) is 18.2 Å². The van der Waals surface area contributed by atoms with Crippen LogP contribution in [-0.4, -0.2) is 22.9 Å². The van der Waals surface area contributed by atoms with Crippen molar-refractivity contribution < 1.29 is 0 Å². The predicted molar refractivity (Wildman–Crippen MR) is 183 cm³/mol. The van der Waals surface area contributed by atoms with Gasteiger partial charge in [-0.05, 0) is 80.7 Å². The van der Waals surface area contributed by atoms with Crippen molar-refractivity contribution in [2.45, 2.75) is 53.5 Å². The van der Waals surface area contributed by atoms with Crippen molar-refractivity contribution in [3.63, 3.8) is 0 Å². The molecular weight excluding hydrogens is 522 g/mol. The molecule has 0 amide bonds. The summed E-state index contributed by atoms with van der Waals surface area (Å²) in [5, 5.41) is 0.621. The smallest absolute Gasteiger partial charge is 0.262 e. The second-order valence-electron chi connectivity index (χ2n) is 9.67. The van der Waals surface area contributed by atoms with E-state index in [1.807, 2.05) is 94.8 Å². The van der Waals surface area contributed by atoms with E-state index >= 15 is 0 Å². The molecule has 1 aromatic heterocycles. The number of hydrogen-bond acceptors (Lipinski definition) is 4. The molecule has 1 unspecified atom stereocenters. The van der Waals surface area contributed by atoms with Gasteiger partial charge in [0.2, 0.25) is 0 Å². The maximum Gasteiger partial charge on any atom is 0.262 e. The van der Waals surface area contributed by atoms with Crippen molar-refractivity contribution in [1.82, 2.24) is 9.55 Å². The lowest BCUT2D eigenvalue weighted by Gasteiger charge is -2.22. The summed E-state index contributed by atoms with van der Waals surface area (Å²) in [4.78, 5) is 21.4. The van der Waals surface area contributed by atoms with E-state index in [9.17, 15) is 4.79 Å². The zero-order valence-corrected chi connectivity index (χ0v) is 26.5. The van der Waals surface area contributed by atoms with Gasteiger partial charge in [0.15, 0.2) is 0 Å². The van der Waals surface area contributed by atoms with Gasteiger partial charge in [0.25, 0.3) is 5.56 Å². The van der Waals surface area contributed by atoms with E-state index in [-0.39, 0.29) is 11.6 Å². The molecule has 0 N–H and O–H groups in total. The van der Waals surface area contributed by atoms with Crippen LogP contribution >= 0.6 is 11.8 Å². The van der Waals surface area contributed by atoms with Crippen LogP contribution in [0.5, 0.6) is 0 Å². The van der Waals surface area contributed by atoms with Gasteiger partial charge in [0.05, 0.1) is 16.9 Å². The summed E-state index contributed by atoms with van der Waals surface area (Å²) in [5.41, 5.74) is 4.98. The second-order valence-corrected chi connectivity index (χ2v) is 10.6. The highest BCUT2D eigenvalue weighted by molar-refractivity contribution is 8.02. The molecule has 3 rings (SSSR count). The summed E-state index contributed by atoms with van der Waals surface area (Å²) in [6.07, 6.45) is 18.3. The van der Waals surface area contributed by atoms with Crippen molar-refractivity contribution in [1.29, 1.82) is 0 Å². The summed E-state index contributed by atoms with van der Waals surface area (Å²) < 4.78 is 1.78. The molecule has 0 spiro atoms. The van der Waals surface area contributed by atoms with E-state index in [4.69, 9.17) is 4.98 Å². The molecular formula is C36H45N3OS. The molecule has 0 saturated carbocycles. The molecule has 0 saturated heterocycles. The molecule has 0 bridgehead atoms. The van der Waals surface area contributed by atoms with Gasteiger partial charge in [0, 0.05) is 18.4 Å². The highest BCUT2D eigenvalue weighted by Gasteiger charge is 2.16. The fraction of sp³-hybridized carbons (Fsp3) is 0.278. The maximum absolute atomic E-state index is 13.5. The number of aromatic nitrogens is 2. The van der Waals surface area contributed by atoms with Gasteiger partial charge < -0.3 is 4.90 Å². The molecule has 0 fully saturated rings. The number of allylic oxidation sites excluding steroid dienone is 8. The third kappa shape index (κ3) is 9.65. The Labute approximate surface area is 251 Å². The Balaban J connectivity index is 0.000000564. The Kier molecular flexibility index (Phi) is 13.9. The molecule has 0 aliphatic rings. The number of likely N-dealkylation sites (N-methyl/N-ethyl adjacent to an activating group) is 1. The fourth-order valence-electron chi connectivity index (χ4n) is 4.19. The van der Waals surface area contributed by atoms with E-state index in [1.165, 1.54) is 5.57 Å². The number of aryl methyl sites for hydroxylation is 1. The molecule has 216 valence electrons.